The van der Waals surface area contributed by atoms with Crippen LogP contribution < -0.4 is 10.1 Å². The van der Waals surface area contributed by atoms with Gasteiger partial charge in [0.15, 0.2) is 0 Å². The molecule has 0 aliphatic heterocycles. The van der Waals surface area contributed by atoms with Crippen LogP contribution in [0.15, 0.2) is 36.7 Å². The molecule has 0 bridgehead atoms. The summed E-state index contributed by atoms with van der Waals surface area (Å²) in [7, 11) is 0. The maximum Gasteiger partial charge on any atom is 0.134 e. The van der Waals surface area contributed by atoms with E-state index in [1.165, 1.54) is 11.1 Å². The first-order chi connectivity index (χ1) is 10.1. The predicted molar refractivity (Wildman–Crippen MR) is 86.8 cm³/mol. The normalized spacial score (nSPS) is 10.9. The minimum atomic E-state index is 0.630. The minimum Gasteiger partial charge on any atom is -0.457 e. The molecule has 0 spiro atoms. The molecule has 1 aromatic heterocycles. The average Bonchev–Trinajstić information content (AvgIpc) is 2.44. The molecule has 2 aromatic rings. The highest BCUT2D eigenvalue weighted by molar-refractivity contribution is 5.39. The first-order valence-corrected chi connectivity index (χ1v) is 7.45. The van der Waals surface area contributed by atoms with E-state index in [0.29, 0.717) is 5.92 Å². The van der Waals surface area contributed by atoms with E-state index in [0.717, 1.165) is 30.2 Å². The lowest BCUT2D eigenvalue weighted by Gasteiger charge is -2.13. The Labute approximate surface area is 127 Å². The number of nitrogens with one attached hydrogen (secondary N) is 1. The lowest BCUT2D eigenvalue weighted by Crippen LogP contribution is -2.19. The topological polar surface area (TPSA) is 34.1 Å². The van der Waals surface area contributed by atoms with Crippen LogP contribution in [0.25, 0.3) is 0 Å². The number of pyridine rings is 1. The van der Waals surface area contributed by atoms with Crippen LogP contribution >= 0.6 is 0 Å². The summed E-state index contributed by atoms with van der Waals surface area (Å²) in [5.74, 6) is 2.37. The van der Waals surface area contributed by atoms with Crippen molar-refractivity contribution in [2.75, 3.05) is 6.54 Å². The predicted octanol–water partition coefficient (Wildman–Crippen LogP) is 4.24. The van der Waals surface area contributed by atoms with Gasteiger partial charge in [0.1, 0.15) is 11.5 Å². The third kappa shape index (κ3) is 4.57. The van der Waals surface area contributed by atoms with Crippen LogP contribution in [0, 0.1) is 19.8 Å². The highest BCUT2D eigenvalue weighted by Gasteiger charge is 2.06. The largest absolute Gasteiger partial charge is 0.457 e. The molecule has 2 rings (SSSR count). The summed E-state index contributed by atoms with van der Waals surface area (Å²) in [4.78, 5) is 4.20. The third-order valence-electron chi connectivity index (χ3n) is 3.43. The number of rotatable bonds is 6. The third-order valence-corrected chi connectivity index (χ3v) is 3.43. The summed E-state index contributed by atoms with van der Waals surface area (Å²) >= 11 is 0. The van der Waals surface area contributed by atoms with Gasteiger partial charge < -0.3 is 10.1 Å². The summed E-state index contributed by atoms with van der Waals surface area (Å²) in [6, 6.07) is 8.08. The lowest BCUT2D eigenvalue weighted by molar-refractivity contribution is 0.467. The number of hydrogen-bond acceptors (Lipinski definition) is 3. The molecule has 0 aliphatic carbocycles. The number of aromatic nitrogens is 1. The summed E-state index contributed by atoms with van der Waals surface area (Å²) in [5, 5.41) is 3.43. The van der Waals surface area contributed by atoms with E-state index in [2.05, 4.69) is 50.1 Å². The van der Waals surface area contributed by atoms with Crippen molar-refractivity contribution < 1.29 is 4.74 Å². The number of ether oxygens (including phenoxy) is 1. The monoisotopic (exact) mass is 284 g/mol. The van der Waals surface area contributed by atoms with Gasteiger partial charge in [-0.25, -0.2) is 0 Å². The molecular weight excluding hydrogens is 260 g/mol. The van der Waals surface area contributed by atoms with Gasteiger partial charge in [0.05, 0.1) is 0 Å². The Hall–Kier alpha value is -1.87. The molecule has 112 valence electrons. The Balaban J connectivity index is 2.10. The van der Waals surface area contributed by atoms with Crippen molar-refractivity contribution in [1.29, 1.82) is 0 Å². The van der Waals surface area contributed by atoms with Crippen LogP contribution in [0.2, 0.25) is 0 Å². The van der Waals surface area contributed by atoms with Gasteiger partial charge in [0.2, 0.25) is 0 Å². The minimum absolute atomic E-state index is 0.630. The van der Waals surface area contributed by atoms with Crippen LogP contribution in [0.5, 0.6) is 11.5 Å². The zero-order valence-electron chi connectivity index (χ0n) is 13.3. The number of hydrogen-bond donors (Lipinski definition) is 1. The molecule has 1 N–H and O–H groups in total. The second kappa shape index (κ2) is 7.23. The molecule has 0 saturated carbocycles. The summed E-state index contributed by atoms with van der Waals surface area (Å²) in [6.07, 6.45) is 3.63. The second-order valence-electron chi connectivity index (χ2n) is 5.86. The molecule has 1 heterocycles. The van der Waals surface area contributed by atoms with Gasteiger partial charge >= 0.3 is 0 Å². The fourth-order valence-corrected chi connectivity index (χ4v) is 2.05. The average molecular weight is 284 g/mol. The van der Waals surface area contributed by atoms with E-state index in [1.807, 2.05) is 18.3 Å². The van der Waals surface area contributed by atoms with Crippen molar-refractivity contribution in [3.8, 4) is 11.5 Å². The van der Waals surface area contributed by atoms with Crippen LogP contribution in [0.4, 0.5) is 0 Å². The fourth-order valence-electron chi connectivity index (χ4n) is 2.05. The van der Waals surface area contributed by atoms with Crippen LogP contribution in [-0.4, -0.2) is 11.5 Å². The highest BCUT2D eigenvalue weighted by Crippen LogP contribution is 2.26. The van der Waals surface area contributed by atoms with Gasteiger partial charge in [0.25, 0.3) is 0 Å². The maximum absolute atomic E-state index is 6.02. The molecule has 21 heavy (non-hydrogen) atoms. The molecule has 0 unspecified atom stereocenters. The summed E-state index contributed by atoms with van der Waals surface area (Å²) in [6.45, 7) is 10.3. The molecule has 3 nitrogen and oxygen atoms in total. The summed E-state index contributed by atoms with van der Waals surface area (Å²) < 4.78 is 6.02. The van der Waals surface area contributed by atoms with Crippen LogP contribution in [0.3, 0.4) is 0 Å². The smallest absolute Gasteiger partial charge is 0.134 e. The Morgan fingerprint density at radius 1 is 1.14 bits per heavy atom. The highest BCUT2D eigenvalue weighted by atomic mass is 16.5. The Morgan fingerprint density at radius 2 is 1.95 bits per heavy atom. The second-order valence-corrected chi connectivity index (χ2v) is 5.86. The fraction of sp³-hybridized carbons (Fsp3) is 0.389. The molecular formula is C18H24N2O. The van der Waals surface area contributed by atoms with Gasteiger partial charge in [-0.15, -0.1) is 0 Å². The van der Waals surface area contributed by atoms with Crippen LogP contribution in [0.1, 0.15) is 30.5 Å². The molecule has 0 radical (unpaired) electrons. The number of aryl methyl sites for hydroxylation is 2. The van der Waals surface area contributed by atoms with Crippen LogP contribution in [-0.2, 0) is 6.54 Å². The van der Waals surface area contributed by atoms with E-state index in [9.17, 15) is 0 Å². The van der Waals surface area contributed by atoms with E-state index < -0.39 is 0 Å². The Kier molecular flexibility index (Phi) is 5.34. The zero-order chi connectivity index (χ0) is 15.2. The molecule has 3 heteroatoms. The molecule has 0 saturated heterocycles. The van der Waals surface area contributed by atoms with Crippen molar-refractivity contribution in [2.45, 2.75) is 34.2 Å². The van der Waals surface area contributed by atoms with Gasteiger partial charge in [-0.05, 0) is 55.6 Å². The molecule has 1 aromatic carbocycles. The van der Waals surface area contributed by atoms with E-state index in [4.69, 9.17) is 4.74 Å². The van der Waals surface area contributed by atoms with E-state index >= 15 is 0 Å². The first kappa shape index (κ1) is 15.5. The van der Waals surface area contributed by atoms with Crippen molar-refractivity contribution in [2.24, 2.45) is 5.92 Å². The zero-order valence-corrected chi connectivity index (χ0v) is 13.3. The van der Waals surface area contributed by atoms with Gasteiger partial charge in [0, 0.05) is 24.5 Å². The number of benzene rings is 1. The number of nitrogens with zero attached hydrogens (tertiary/aromatic N) is 1. The maximum atomic E-state index is 6.02. The van der Waals surface area contributed by atoms with E-state index in [-0.39, 0.29) is 0 Å². The van der Waals surface area contributed by atoms with Gasteiger partial charge in [-0.2, -0.15) is 0 Å². The molecule has 0 amide bonds. The first-order valence-electron chi connectivity index (χ1n) is 7.45. The van der Waals surface area contributed by atoms with Crippen molar-refractivity contribution in [3.63, 3.8) is 0 Å². The van der Waals surface area contributed by atoms with E-state index in [1.54, 1.807) is 6.20 Å². The standard InChI is InChI=1S/C18H24N2O/c1-13(2)10-20-12-16-11-19-8-7-18(16)21-17-6-5-14(3)15(4)9-17/h5-9,11,13,20H,10,12H2,1-4H3. The molecule has 0 atom stereocenters. The lowest BCUT2D eigenvalue weighted by atomic mass is 10.1. The Bertz CT molecular complexity index is 594. The van der Waals surface area contributed by atoms with Gasteiger partial charge in [-0.3, -0.25) is 4.98 Å². The molecule has 0 aliphatic rings. The Morgan fingerprint density at radius 3 is 2.67 bits per heavy atom. The molecule has 0 fully saturated rings. The summed E-state index contributed by atoms with van der Waals surface area (Å²) in [5.41, 5.74) is 3.59. The SMILES string of the molecule is Cc1ccc(Oc2ccncc2CNCC(C)C)cc1C. The van der Waals surface area contributed by atoms with Crippen molar-refractivity contribution in [3.05, 3.63) is 53.3 Å². The van der Waals surface area contributed by atoms with Gasteiger partial charge in [-0.1, -0.05) is 19.9 Å². The van der Waals surface area contributed by atoms with Crippen molar-refractivity contribution >= 4 is 0 Å². The quantitative estimate of drug-likeness (QED) is 0.861. The van der Waals surface area contributed by atoms with Crippen molar-refractivity contribution in [1.82, 2.24) is 10.3 Å².